The molecule has 1 aliphatic rings. The van der Waals surface area contributed by atoms with Crippen molar-refractivity contribution in [2.24, 2.45) is 5.92 Å². The minimum atomic E-state index is -1.02. The van der Waals surface area contributed by atoms with Gasteiger partial charge in [-0.3, -0.25) is 9.20 Å². The lowest BCUT2D eigenvalue weighted by atomic mass is 9.95. The summed E-state index contributed by atoms with van der Waals surface area (Å²) in [7, 11) is 0. The van der Waals surface area contributed by atoms with E-state index in [1.165, 1.54) is 24.8 Å². The van der Waals surface area contributed by atoms with Crippen LogP contribution in [0.3, 0.4) is 0 Å². The molecule has 0 saturated heterocycles. The highest BCUT2D eigenvalue weighted by Gasteiger charge is 2.27. The number of rotatable bonds is 8. The second kappa shape index (κ2) is 9.95. The third-order valence-electron chi connectivity index (χ3n) is 6.68. The second-order valence-electron chi connectivity index (χ2n) is 9.04. The van der Waals surface area contributed by atoms with Crippen molar-refractivity contribution in [2.75, 3.05) is 5.32 Å². The first kappa shape index (κ1) is 23.3. The first-order valence-corrected chi connectivity index (χ1v) is 12.6. The van der Waals surface area contributed by atoms with E-state index in [1.54, 1.807) is 23.5 Å². The van der Waals surface area contributed by atoms with Gasteiger partial charge in [0.15, 0.2) is 0 Å². The number of nitrogens with zero attached hydrogens (tertiary/aromatic N) is 2. The van der Waals surface area contributed by atoms with Gasteiger partial charge in [-0.1, -0.05) is 39.5 Å². The molecular formula is C25H32N4O3S. The summed E-state index contributed by atoms with van der Waals surface area (Å²) in [5.74, 6) is -0.628. The van der Waals surface area contributed by atoms with Crippen LogP contribution in [0.5, 0.6) is 0 Å². The lowest BCUT2D eigenvalue weighted by Crippen LogP contribution is -2.45. The van der Waals surface area contributed by atoms with Gasteiger partial charge in [-0.15, -0.1) is 11.3 Å². The van der Waals surface area contributed by atoms with Crippen molar-refractivity contribution >= 4 is 34.7 Å². The van der Waals surface area contributed by atoms with Crippen LogP contribution >= 0.6 is 11.3 Å². The van der Waals surface area contributed by atoms with Gasteiger partial charge in [-0.2, -0.15) is 0 Å². The number of nitrogens with one attached hydrogen (secondary N) is 2. The first-order valence-electron chi connectivity index (χ1n) is 11.8. The van der Waals surface area contributed by atoms with Gasteiger partial charge < -0.3 is 15.7 Å². The Morgan fingerprint density at radius 3 is 2.67 bits per heavy atom. The third kappa shape index (κ3) is 4.90. The summed E-state index contributed by atoms with van der Waals surface area (Å²) in [6.45, 7) is 5.83. The molecule has 3 heterocycles. The summed E-state index contributed by atoms with van der Waals surface area (Å²) < 4.78 is 2.00. The minimum Gasteiger partial charge on any atom is -0.480 e. The number of amides is 1. The Labute approximate surface area is 198 Å². The van der Waals surface area contributed by atoms with E-state index in [-0.39, 0.29) is 5.92 Å². The van der Waals surface area contributed by atoms with Crippen molar-refractivity contribution < 1.29 is 14.7 Å². The maximum absolute atomic E-state index is 12.9. The van der Waals surface area contributed by atoms with Crippen LogP contribution in [0.2, 0.25) is 0 Å². The summed E-state index contributed by atoms with van der Waals surface area (Å²) in [5, 5.41) is 18.0. The number of fused-ring (bicyclic) bond motifs is 1. The Balaban J connectivity index is 1.69. The van der Waals surface area contributed by atoms with E-state index < -0.39 is 17.9 Å². The van der Waals surface area contributed by atoms with E-state index in [2.05, 4.69) is 29.0 Å². The van der Waals surface area contributed by atoms with Crippen molar-refractivity contribution in [1.82, 2.24) is 14.7 Å². The summed E-state index contributed by atoms with van der Waals surface area (Å²) in [6.07, 6.45) is 8.55. The minimum absolute atomic E-state index is 0.165. The van der Waals surface area contributed by atoms with E-state index in [4.69, 9.17) is 4.98 Å². The lowest BCUT2D eigenvalue weighted by molar-refractivity contribution is -0.140. The number of carboxylic acids is 1. The number of thiophene rings is 1. The van der Waals surface area contributed by atoms with Crippen LogP contribution in [0.4, 0.5) is 5.82 Å². The Hall–Kier alpha value is -2.87. The molecule has 0 radical (unpaired) electrons. The maximum atomic E-state index is 12.9. The highest BCUT2D eigenvalue weighted by Crippen LogP contribution is 2.36. The standard InChI is InChI=1S/C25H32N4O3S/c1-4-15(2)20(25(31)32)28-24(30)17-10-12-29-19(14-17)27-21(22-16(3)11-13-33-22)23(29)26-18-8-6-5-7-9-18/h10-15,18,20,26H,4-9H2,1-3H3,(H,28,30)(H,31,32). The number of pyridine rings is 1. The van der Waals surface area contributed by atoms with Gasteiger partial charge in [0.2, 0.25) is 0 Å². The van der Waals surface area contributed by atoms with E-state index in [1.807, 2.05) is 24.4 Å². The average molecular weight is 469 g/mol. The van der Waals surface area contributed by atoms with Gasteiger partial charge in [0.1, 0.15) is 23.2 Å². The molecule has 2 atom stereocenters. The predicted octanol–water partition coefficient (Wildman–Crippen LogP) is 5.34. The molecule has 3 aromatic rings. The highest BCUT2D eigenvalue weighted by atomic mass is 32.1. The number of aliphatic carboxylic acids is 1. The first-order chi connectivity index (χ1) is 15.9. The zero-order valence-corrected chi connectivity index (χ0v) is 20.2. The second-order valence-corrected chi connectivity index (χ2v) is 9.96. The summed E-state index contributed by atoms with van der Waals surface area (Å²) in [4.78, 5) is 30.6. The van der Waals surface area contributed by atoms with Crippen molar-refractivity contribution in [1.29, 1.82) is 0 Å². The van der Waals surface area contributed by atoms with Crippen LogP contribution in [-0.4, -0.2) is 38.5 Å². The molecule has 3 aromatic heterocycles. The third-order valence-corrected chi connectivity index (χ3v) is 7.70. The summed E-state index contributed by atoms with van der Waals surface area (Å²) in [5.41, 5.74) is 3.14. The van der Waals surface area contributed by atoms with Crippen molar-refractivity contribution in [2.45, 2.75) is 71.4 Å². The number of aromatic nitrogens is 2. The fraction of sp³-hybridized carbons (Fsp3) is 0.480. The van der Waals surface area contributed by atoms with Crippen LogP contribution < -0.4 is 10.6 Å². The fourth-order valence-electron chi connectivity index (χ4n) is 4.45. The lowest BCUT2D eigenvalue weighted by Gasteiger charge is -2.24. The van der Waals surface area contributed by atoms with Crippen molar-refractivity contribution in [3.05, 3.63) is 40.9 Å². The van der Waals surface area contributed by atoms with E-state index in [9.17, 15) is 14.7 Å². The fourth-order valence-corrected chi connectivity index (χ4v) is 5.36. The zero-order chi connectivity index (χ0) is 23.5. The van der Waals surface area contributed by atoms with Crippen LogP contribution in [-0.2, 0) is 4.79 Å². The van der Waals surface area contributed by atoms with E-state index in [0.717, 1.165) is 29.2 Å². The Bertz CT molecular complexity index is 1150. The number of anilines is 1. The largest absolute Gasteiger partial charge is 0.480 e. The highest BCUT2D eigenvalue weighted by molar-refractivity contribution is 7.13. The summed E-state index contributed by atoms with van der Waals surface area (Å²) >= 11 is 1.66. The number of hydrogen-bond acceptors (Lipinski definition) is 5. The Morgan fingerprint density at radius 1 is 1.27 bits per heavy atom. The van der Waals surface area contributed by atoms with Gasteiger partial charge in [0, 0.05) is 17.8 Å². The summed E-state index contributed by atoms with van der Waals surface area (Å²) in [6, 6.07) is 5.05. The molecule has 0 aliphatic heterocycles. The predicted molar refractivity (Wildman–Crippen MR) is 132 cm³/mol. The Kier molecular flexibility index (Phi) is 7.02. The van der Waals surface area contributed by atoms with Gasteiger partial charge in [0.05, 0.1) is 4.88 Å². The van der Waals surface area contributed by atoms with Crippen LogP contribution in [0, 0.1) is 12.8 Å². The van der Waals surface area contributed by atoms with Gasteiger partial charge in [0.25, 0.3) is 5.91 Å². The SMILES string of the molecule is CCC(C)C(NC(=O)c1ccn2c(NC3CCCCC3)c(-c3sccc3C)nc2c1)C(=O)O. The van der Waals surface area contributed by atoms with Crippen LogP contribution in [0.1, 0.15) is 68.3 Å². The smallest absolute Gasteiger partial charge is 0.326 e. The molecule has 8 heteroatoms. The van der Waals surface area contributed by atoms with Crippen LogP contribution in [0.25, 0.3) is 16.2 Å². The molecule has 4 rings (SSSR count). The molecule has 3 N–H and O–H groups in total. The number of carboxylic acid groups (broad SMARTS) is 1. The monoisotopic (exact) mass is 468 g/mol. The zero-order valence-electron chi connectivity index (χ0n) is 19.4. The molecule has 0 bridgehead atoms. The molecule has 1 aliphatic carbocycles. The van der Waals surface area contributed by atoms with Gasteiger partial charge >= 0.3 is 5.97 Å². The van der Waals surface area contributed by atoms with E-state index in [0.29, 0.717) is 23.7 Å². The van der Waals surface area contributed by atoms with E-state index >= 15 is 0 Å². The normalized spacial score (nSPS) is 16.5. The van der Waals surface area contributed by atoms with Crippen molar-refractivity contribution in [3.8, 4) is 10.6 Å². The molecule has 0 aromatic carbocycles. The molecule has 1 amide bonds. The molecule has 7 nitrogen and oxygen atoms in total. The number of imidazole rings is 1. The Morgan fingerprint density at radius 2 is 2.03 bits per heavy atom. The number of carbonyl (C=O) groups excluding carboxylic acids is 1. The maximum Gasteiger partial charge on any atom is 0.326 e. The molecule has 2 unspecified atom stereocenters. The number of carbonyl (C=O) groups is 2. The molecule has 0 spiro atoms. The van der Waals surface area contributed by atoms with Crippen LogP contribution in [0.15, 0.2) is 29.8 Å². The quantitative estimate of drug-likeness (QED) is 0.414. The molecule has 176 valence electrons. The topological polar surface area (TPSA) is 95.7 Å². The number of hydrogen-bond donors (Lipinski definition) is 3. The molecule has 33 heavy (non-hydrogen) atoms. The van der Waals surface area contributed by atoms with Gasteiger partial charge in [-0.05, 0) is 54.8 Å². The molecule has 1 saturated carbocycles. The van der Waals surface area contributed by atoms with Crippen molar-refractivity contribution in [3.63, 3.8) is 0 Å². The number of aryl methyl sites for hydroxylation is 1. The molecular weight excluding hydrogens is 436 g/mol. The molecule has 1 fully saturated rings. The van der Waals surface area contributed by atoms with Gasteiger partial charge in [-0.25, -0.2) is 9.78 Å². The average Bonchev–Trinajstić information content (AvgIpc) is 3.39.